The van der Waals surface area contributed by atoms with Crippen molar-refractivity contribution in [1.82, 2.24) is 9.55 Å². The highest BCUT2D eigenvalue weighted by atomic mass is 35.5. The van der Waals surface area contributed by atoms with E-state index in [1.807, 2.05) is 28.8 Å². The fourth-order valence-corrected chi connectivity index (χ4v) is 2.23. The third-order valence-electron chi connectivity index (χ3n) is 2.64. The number of fused-ring (bicyclic) bond motifs is 1. The predicted octanol–water partition coefficient (Wildman–Crippen LogP) is 2.39. The zero-order chi connectivity index (χ0) is 12.4. The number of hydrogen-bond acceptors (Lipinski definition) is 2. The molecule has 0 aliphatic heterocycles. The van der Waals surface area contributed by atoms with Crippen molar-refractivity contribution >= 4 is 33.7 Å². The molecule has 1 aromatic carbocycles. The molecule has 2 rings (SSSR count). The van der Waals surface area contributed by atoms with Gasteiger partial charge in [0.1, 0.15) is 5.82 Å². The molecule has 0 aliphatic carbocycles. The summed E-state index contributed by atoms with van der Waals surface area (Å²) in [6.45, 7) is 2.16. The summed E-state index contributed by atoms with van der Waals surface area (Å²) in [5.41, 5.74) is 1.81. The largest absolute Gasteiger partial charge is 0.326 e. The molecule has 0 radical (unpaired) electrons. The standard InChI is InChI=1S/C11H13ClN2O2S/c1-8(17(15)16)7-14-10-5-3-2-4-9(10)13-11(14)6-12/h2-5,8H,6-7H2,1H3,(H,15,16). The first-order valence-electron chi connectivity index (χ1n) is 5.23. The fourth-order valence-electron chi connectivity index (χ4n) is 1.75. The zero-order valence-electron chi connectivity index (χ0n) is 9.34. The van der Waals surface area contributed by atoms with Crippen LogP contribution < -0.4 is 0 Å². The summed E-state index contributed by atoms with van der Waals surface area (Å²) in [5.74, 6) is 1.02. The number of para-hydroxylation sites is 2. The van der Waals surface area contributed by atoms with Crippen LogP contribution in [0.3, 0.4) is 0 Å². The number of alkyl halides is 1. The molecule has 0 aliphatic rings. The van der Waals surface area contributed by atoms with E-state index in [2.05, 4.69) is 4.98 Å². The van der Waals surface area contributed by atoms with E-state index in [1.165, 1.54) is 0 Å². The smallest absolute Gasteiger partial charge is 0.157 e. The number of nitrogens with zero attached hydrogens (tertiary/aromatic N) is 2. The molecule has 0 bridgehead atoms. The summed E-state index contributed by atoms with van der Waals surface area (Å²) in [5, 5.41) is -0.352. The average molecular weight is 273 g/mol. The lowest BCUT2D eigenvalue weighted by molar-refractivity contribution is 0.536. The van der Waals surface area contributed by atoms with Gasteiger partial charge < -0.3 is 9.12 Å². The van der Waals surface area contributed by atoms with E-state index in [4.69, 9.17) is 16.2 Å². The Labute approximate surface area is 107 Å². The molecular weight excluding hydrogens is 260 g/mol. The Morgan fingerprint density at radius 1 is 1.53 bits per heavy atom. The van der Waals surface area contributed by atoms with Gasteiger partial charge in [-0.25, -0.2) is 9.19 Å². The quantitative estimate of drug-likeness (QED) is 0.687. The molecule has 0 saturated heterocycles. The van der Waals surface area contributed by atoms with E-state index in [1.54, 1.807) is 6.92 Å². The molecule has 0 fully saturated rings. The first-order chi connectivity index (χ1) is 8.13. The Balaban J connectivity index is 2.46. The molecule has 0 saturated carbocycles. The second-order valence-corrected chi connectivity index (χ2v) is 5.47. The van der Waals surface area contributed by atoms with Crippen LogP contribution in [0.4, 0.5) is 0 Å². The number of hydrogen-bond donors (Lipinski definition) is 1. The van der Waals surface area contributed by atoms with Crippen LogP contribution in [0.25, 0.3) is 11.0 Å². The van der Waals surface area contributed by atoms with Crippen molar-refractivity contribution in [2.24, 2.45) is 0 Å². The summed E-state index contributed by atoms with van der Waals surface area (Å²) >= 11 is 4.01. The van der Waals surface area contributed by atoms with Crippen molar-refractivity contribution in [3.63, 3.8) is 0 Å². The van der Waals surface area contributed by atoms with Crippen molar-refractivity contribution in [2.75, 3.05) is 0 Å². The molecular formula is C11H13ClN2O2S. The molecule has 1 heterocycles. The van der Waals surface area contributed by atoms with Crippen LogP contribution in [0.2, 0.25) is 0 Å². The lowest BCUT2D eigenvalue weighted by atomic mass is 10.3. The number of aromatic nitrogens is 2. The summed E-state index contributed by atoms with van der Waals surface area (Å²) in [7, 11) is 0. The number of rotatable bonds is 4. The molecule has 0 amide bonds. The van der Waals surface area contributed by atoms with Crippen LogP contribution in [0, 0.1) is 0 Å². The summed E-state index contributed by atoms with van der Waals surface area (Å²) < 4.78 is 22.0. The normalized spacial score (nSPS) is 15.0. The van der Waals surface area contributed by atoms with Crippen molar-refractivity contribution in [3.05, 3.63) is 30.1 Å². The second kappa shape index (κ2) is 5.16. The van der Waals surface area contributed by atoms with Crippen LogP contribution in [0.5, 0.6) is 0 Å². The summed E-state index contributed by atoms with van der Waals surface area (Å²) in [4.78, 5) is 4.39. The molecule has 1 aromatic heterocycles. The van der Waals surface area contributed by atoms with Crippen LogP contribution in [-0.4, -0.2) is 23.6 Å². The monoisotopic (exact) mass is 272 g/mol. The molecule has 4 nitrogen and oxygen atoms in total. The minimum absolute atomic E-state index is 0.291. The molecule has 2 atom stereocenters. The first kappa shape index (κ1) is 12.5. The number of halogens is 1. The van der Waals surface area contributed by atoms with Crippen molar-refractivity contribution in [1.29, 1.82) is 0 Å². The third kappa shape index (κ3) is 2.51. The van der Waals surface area contributed by atoms with Gasteiger partial charge in [-0.1, -0.05) is 12.1 Å². The van der Waals surface area contributed by atoms with Gasteiger partial charge >= 0.3 is 0 Å². The maximum absolute atomic E-state index is 11.0. The SMILES string of the molecule is CC(Cn1c(CCl)nc2ccccc21)S(=O)O. The highest BCUT2D eigenvalue weighted by molar-refractivity contribution is 7.79. The molecule has 6 heteroatoms. The molecule has 2 unspecified atom stereocenters. The van der Waals surface area contributed by atoms with Gasteiger partial charge in [0.15, 0.2) is 11.1 Å². The summed E-state index contributed by atoms with van der Waals surface area (Å²) in [6, 6.07) is 7.66. The lowest BCUT2D eigenvalue weighted by Gasteiger charge is -2.11. The maximum Gasteiger partial charge on any atom is 0.157 e. The Hall–Kier alpha value is -0.910. The van der Waals surface area contributed by atoms with Gasteiger partial charge in [0.25, 0.3) is 0 Å². The minimum Gasteiger partial charge on any atom is -0.326 e. The lowest BCUT2D eigenvalue weighted by Crippen LogP contribution is -2.19. The Kier molecular flexibility index (Phi) is 3.81. The van der Waals surface area contributed by atoms with E-state index in [0.29, 0.717) is 12.4 Å². The van der Waals surface area contributed by atoms with Gasteiger partial charge in [0.2, 0.25) is 0 Å². The topological polar surface area (TPSA) is 55.1 Å². The minimum atomic E-state index is -1.84. The van der Waals surface area contributed by atoms with Crippen molar-refractivity contribution in [3.8, 4) is 0 Å². The number of imidazole rings is 1. The molecule has 17 heavy (non-hydrogen) atoms. The van der Waals surface area contributed by atoms with E-state index < -0.39 is 11.1 Å². The van der Waals surface area contributed by atoms with Gasteiger partial charge in [0, 0.05) is 6.54 Å². The highest BCUT2D eigenvalue weighted by Gasteiger charge is 2.15. The van der Waals surface area contributed by atoms with Crippen LogP contribution in [-0.2, 0) is 23.5 Å². The second-order valence-electron chi connectivity index (χ2n) is 3.85. The molecule has 0 spiro atoms. The number of benzene rings is 1. The van der Waals surface area contributed by atoms with Gasteiger partial charge in [-0.15, -0.1) is 11.6 Å². The zero-order valence-corrected chi connectivity index (χ0v) is 10.9. The summed E-state index contributed by atoms with van der Waals surface area (Å²) in [6.07, 6.45) is 0. The van der Waals surface area contributed by atoms with Crippen LogP contribution >= 0.6 is 11.6 Å². The highest BCUT2D eigenvalue weighted by Crippen LogP contribution is 2.18. The Morgan fingerprint density at radius 3 is 2.88 bits per heavy atom. The molecule has 1 N–H and O–H groups in total. The first-order valence-corrected chi connectivity index (χ1v) is 6.93. The van der Waals surface area contributed by atoms with Gasteiger partial charge in [-0.3, -0.25) is 0 Å². The van der Waals surface area contributed by atoms with E-state index in [-0.39, 0.29) is 5.25 Å². The van der Waals surface area contributed by atoms with Gasteiger partial charge in [-0.2, -0.15) is 0 Å². The third-order valence-corrected chi connectivity index (χ3v) is 3.71. The predicted molar refractivity (Wildman–Crippen MR) is 69.5 cm³/mol. The Bertz CT molecular complexity index is 555. The molecule has 2 aromatic rings. The van der Waals surface area contributed by atoms with Gasteiger partial charge in [-0.05, 0) is 19.1 Å². The molecule has 92 valence electrons. The van der Waals surface area contributed by atoms with E-state index in [9.17, 15) is 4.21 Å². The fraction of sp³-hybridized carbons (Fsp3) is 0.364. The van der Waals surface area contributed by atoms with Crippen molar-refractivity contribution in [2.45, 2.75) is 24.6 Å². The van der Waals surface area contributed by atoms with E-state index in [0.717, 1.165) is 16.9 Å². The van der Waals surface area contributed by atoms with Gasteiger partial charge in [0.05, 0.1) is 22.2 Å². The average Bonchev–Trinajstić information content (AvgIpc) is 2.67. The maximum atomic E-state index is 11.0. The van der Waals surface area contributed by atoms with Crippen molar-refractivity contribution < 1.29 is 8.76 Å². The Morgan fingerprint density at radius 2 is 2.24 bits per heavy atom. The van der Waals surface area contributed by atoms with Crippen LogP contribution in [0.15, 0.2) is 24.3 Å². The van der Waals surface area contributed by atoms with E-state index >= 15 is 0 Å². The van der Waals surface area contributed by atoms with Crippen LogP contribution in [0.1, 0.15) is 12.7 Å².